The molecule has 2 N–H and O–H groups in total. The summed E-state index contributed by atoms with van der Waals surface area (Å²) >= 11 is 0. The van der Waals surface area contributed by atoms with Crippen molar-refractivity contribution in [2.75, 3.05) is 37.4 Å². The summed E-state index contributed by atoms with van der Waals surface area (Å²) in [5.74, 6) is -33.3. The first kappa shape index (κ1) is 46.0. The van der Waals surface area contributed by atoms with Crippen LogP contribution in [0.1, 0.15) is 32.3 Å². The number of aryl methyl sites for hydroxylation is 1. The summed E-state index contributed by atoms with van der Waals surface area (Å²) in [6.45, 7) is 5.52. The van der Waals surface area contributed by atoms with Gasteiger partial charge in [-0.25, -0.2) is 22.8 Å². The maximum absolute atomic E-state index is 14.2. The number of nitrogens with one attached hydrogen (secondary N) is 2. The Labute approximate surface area is 286 Å². The average molecular weight is 804 g/mol. The molecule has 298 valence electrons. The number of rotatable bonds is 17. The number of halogens is 13. The molecule has 52 heavy (non-hydrogen) atoms. The molecule has 0 aliphatic rings. The number of benzene rings is 1. The molecule has 1 aromatic carbocycles. The van der Waals surface area contributed by atoms with Crippen LogP contribution >= 0.6 is 0 Å². The fraction of sp³-hybridized carbons (Fsp3) is 0.593. The second-order valence-electron chi connectivity index (χ2n) is 10.9. The summed E-state index contributed by atoms with van der Waals surface area (Å²) < 4.78 is 211. The van der Waals surface area contributed by atoms with E-state index < -0.39 is 99.7 Å². The highest BCUT2D eigenvalue weighted by molar-refractivity contribution is 7.90. The van der Waals surface area contributed by atoms with Gasteiger partial charge in [-0.3, -0.25) is 10.6 Å². The van der Waals surface area contributed by atoms with E-state index in [0.717, 1.165) is 0 Å². The first-order valence-electron chi connectivity index (χ1n) is 14.1. The minimum atomic E-state index is -8.28. The number of carbonyl (C=O) groups is 3. The third kappa shape index (κ3) is 9.69. The van der Waals surface area contributed by atoms with Crippen LogP contribution in [0.25, 0.3) is 0 Å². The van der Waals surface area contributed by atoms with E-state index >= 15 is 0 Å². The van der Waals surface area contributed by atoms with Gasteiger partial charge < -0.3 is 14.2 Å². The number of hydrogen-bond donors (Lipinski definition) is 2. The van der Waals surface area contributed by atoms with Gasteiger partial charge in [0.05, 0.1) is 6.61 Å². The Morgan fingerprint density at radius 2 is 1.37 bits per heavy atom. The number of esters is 1. The number of carbonyl (C=O) groups excluding carboxylic acids is 3. The zero-order valence-electron chi connectivity index (χ0n) is 27.1. The molecule has 0 bridgehead atoms. The lowest BCUT2D eigenvalue weighted by atomic mass is 9.98. The van der Waals surface area contributed by atoms with Crippen molar-refractivity contribution in [1.29, 1.82) is 0 Å². The fourth-order valence-electron chi connectivity index (χ4n) is 3.50. The normalized spacial score (nSPS) is 14.0. The number of unbranched alkanes of at least 4 members (excludes halogenated alkanes) is 1. The number of ether oxygens (including phenoxy) is 3. The van der Waals surface area contributed by atoms with Gasteiger partial charge in [0.15, 0.2) is 0 Å². The highest BCUT2D eigenvalue weighted by Gasteiger charge is 2.92. The van der Waals surface area contributed by atoms with Gasteiger partial charge in [-0.1, -0.05) is 12.6 Å². The Hall–Kier alpha value is -4.03. The summed E-state index contributed by atoms with van der Waals surface area (Å²) in [4.78, 5) is 35.8. The molecule has 0 aromatic heterocycles. The molecule has 0 radical (unpaired) electrons. The molecule has 1 rings (SSSR count). The van der Waals surface area contributed by atoms with Gasteiger partial charge >= 0.3 is 53.3 Å². The monoisotopic (exact) mass is 803 g/mol. The molecule has 0 spiro atoms. The van der Waals surface area contributed by atoms with E-state index in [0.29, 0.717) is 5.56 Å². The number of sulfonamides is 1. The summed E-state index contributed by atoms with van der Waals surface area (Å²) in [6.07, 6.45) is -11.9. The number of hydrogen-bond acceptors (Lipinski definition) is 8. The molecule has 0 saturated carbocycles. The van der Waals surface area contributed by atoms with Crippen molar-refractivity contribution in [2.24, 2.45) is 0 Å². The Bertz CT molecular complexity index is 1590. The van der Waals surface area contributed by atoms with E-state index in [2.05, 4.69) is 17.2 Å². The molecule has 0 unspecified atom stereocenters. The van der Waals surface area contributed by atoms with Crippen LogP contribution in [0.3, 0.4) is 0 Å². The van der Waals surface area contributed by atoms with Gasteiger partial charge in [-0.05, 0) is 51.3 Å². The van der Waals surface area contributed by atoms with Gasteiger partial charge in [-0.2, -0.15) is 61.4 Å². The van der Waals surface area contributed by atoms with E-state index in [9.17, 15) is 79.9 Å². The smallest absolute Gasteiger partial charge is 0.458 e. The van der Waals surface area contributed by atoms with Gasteiger partial charge in [0.25, 0.3) is 10.0 Å². The van der Waals surface area contributed by atoms with Crippen molar-refractivity contribution in [3.05, 3.63) is 35.9 Å². The molecule has 25 heteroatoms. The molecular formula is C27H30F13N3O8S. The SMILES string of the molecule is C=C(C)C(=O)OC[C@@H](C)OC(=O)Nc1cc(NC(=O)OCCCCN(C)S(=O)(=O)C(F)(F)C(F)(F)C(F)(F)C(F)(F)C(F)(F)C(F)(F)F)ccc1C. The summed E-state index contributed by atoms with van der Waals surface area (Å²) in [5.41, 5.74) is 0.716. The summed E-state index contributed by atoms with van der Waals surface area (Å²) in [5, 5.41) is -2.78. The highest BCUT2D eigenvalue weighted by atomic mass is 32.2. The first-order valence-corrected chi connectivity index (χ1v) is 15.5. The van der Waals surface area contributed by atoms with Crippen molar-refractivity contribution in [3.63, 3.8) is 0 Å². The third-order valence-corrected chi connectivity index (χ3v) is 8.47. The lowest BCUT2D eigenvalue weighted by Gasteiger charge is -2.40. The quantitative estimate of drug-likeness (QED) is 0.0549. The van der Waals surface area contributed by atoms with Gasteiger partial charge in [-0.15, -0.1) is 0 Å². The van der Waals surface area contributed by atoms with Gasteiger partial charge in [0, 0.05) is 30.5 Å². The fourth-order valence-corrected chi connectivity index (χ4v) is 4.71. The van der Waals surface area contributed by atoms with Crippen LogP contribution in [-0.4, -0.2) is 98.9 Å². The Morgan fingerprint density at radius 3 is 1.88 bits per heavy atom. The van der Waals surface area contributed by atoms with E-state index in [1.165, 1.54) is 32.0 Å². The molecule has 1 atom stereocenters. The molecular weight excluding hydrogens is 773 g/mol. The maximum Gasteiger partial charge on any atom is 0.460 e. The molecule has 0 aliphatic carbocycles. The van der Waals surface area contributed by atoms with Crippen LogP contribution in [0, 0.1) is 6.92 Å². The van der Waals surface area contributed by atoms with E-state index in [4.69, 9.17) is 14.2 Å². The maximum atomic E-state index is 14.2. The zero-order chi connectivity index (χ0) is 40.9. The lowest BCUT2D eigenvalue weighted by Crippen LogP contribution is -2.71. The van der Waals surface area contributed by atoms with Crippen LogP contribution in [-0.2, 0) is 29.0 Å². The Balaban J connectivity index is 2.80. The molecule has 11 nitrogen and oxygen atoms in total. The number of anilines is 2. The van der Waals surface area contributed by atoms with E-state index in [1.54, 1.807) is 6.92 Å². The summed E-state index contributed by atoms with van der Waals surface area (Å²) in [6, 6.07) is 4.01. The predicted octanol–water partition coefficient (Wildman–Crippen LogP) is 7.34. The molecule has 0 saturated heterocycles. The molecule has 1 aromatic rings. The Morgan fingerprint density at radius 1 is 0.827 bits per heavy atom. The van der Waals surface area contributed by atoms with Crippen molar-refractivity contribution < 1.29 is 94.1 Å². The van der Waals surface area contributed by atoms with Crippen molar-refractivity contribution in [1.82, 2.24) is 4.31 Å². The van der Waals surface area contributed by atoms with Gasteiger partial charge in [0.1, 0.15) is 12.7 Å². The lowest BCUT2D eigenvalue weighted by molar-refractivity contribution is -0.433. The van der Waals surface area contributed by atoms with Crippen LogP contribution in [0.2, 0.25) is 0 Å². The topological polar surface area (TPSA) is 140 Å². The number of nitrogens with zero attached hydrogens (tertiary/aromatic N) is 1. The van der Waals surface area contributed by atoms with Crippen LogP contribution < -0.4 is 10.6 Å². The van der Waals surface area contributed by atoms with Crippen molar-refractivity contribution >= 4 is 39.6 Å². The summed E-state index contributed by atoms with van der Waals surface area (Å²) in [7, 11) is -7.12. The van der Waals surface area contributed by atoms with Crippen LogP contribution in [0.5, 0.6) is 0 Å². The molecule has 0 aliphatic heterocycles. The van der Waals surface area contributed by atoms with Crippen molar-refractivity contribution in [2.45, 2.75) is 74.8 Å². The number of amides is 2. The molecule has 0 fully saturated rings. The molecule has 2 amide bonds. The second-order valence-corrected chi connectivity index (χ2v) is 12.9. The molecule has 0 heterocycles. The first-order chi connectivity index (χ1) is 23.3. The number of alkyl halides is 13. The van der Waals surface area contributed by atoms with Crippen molar-refractivity contribution in [3.8, 4) is 0 Å². The Kier molecular flexibility index (Phi) is 14.4. The van der Waals surface area contributed by atoms with Crippen LogP contribution in [0.4, 0.5) is 78.0 Å². The van der Waals surface area contributed by atoms with E-state index in [-0.39, 0.29) is 30.6 Å². The zero-order valence-corrected chi connectivity index (χ0v) is 27.9. The largest absolute Gasteiger partial charge is 0.460 e. The average Bonchev–Trinajstić information content (AvgIpc) is 2.99. The second kappa shape index (κ2) is 16.3. The van der Waals surface area contributed by atoms with Gasteiger partial charge in [0.2, 0.25) is 0 Å². The standard InChI is InChI=1S/C27H30F13N3O8S/c1-14(2)19(44)50-13-16(4)51-21(46)42-18-12-17(9-8-15(18)3)41-20(45)49-11-7-6-10-43(5)52(47,48)27(39,40)25(34,35)23(30,31)22(28,29)24(32,33)26(36,37)38/h8-9,12,16H,1,6-7,10-11,13H2,2-5H3,(H,41,45)(H,42,46)/t16-/m1/s1. The minimum Gasteiger partial charge on any atom is -0.458 e. The van der Waals surface area contributed by atoms with Crippen LogP contribution in [0.15, 0.2) is 30.4 Å². The minimum absolute atomic E-state index is 0.0127. The highest BCUT2D eigenvalue weighted by Crippen LogP contribution is 2.61. The predicted molar refractivity (Wildman–Crippen MR) is 153 cm³/mol. The van der Waals surface area contributed by atoms with E-state index in [1.807, 2.05) is 0 Å². The third-order valence-electron chi connectivity index (χ3n) is 6.57.